The molecule has 0 saturated heterocycles. The number of benzene rings is 2. The summed E-state index contributed by atoms with van der Waals surface area (Å²) in [4.78, 5) is 23.3. The molecule has 6 rings (SSSR count). The molecule has 0 amide bonds. The normalized spacial score (nSPS) is 10.8. The molecule has 0 aliphatic rings. The van der Waals surface area contributed by atoms with E-state index >= 15 is 0 Å². The van der Waals surface area contributed by atoms with E-state index in [0.29, 0.717) is 10.8 Å². The number of rotatable bonds is 0. The second-order valence-electron chi connectivity index (χ2n) is 3.83. The van der Waals surface area contributed by atoms with Crippen LogP contribution in [0.5, 0.6) is 0 Å². The smallest absolute Gasteiger partial charge is 0.346 e. The average molecular weight is 224 g/mol. The van der Waals surface area contributed by atoms with Crippen LogP contribution in [0.4, 0.5) is 0 Å². The van der Waals surface area contributed by atoms with Gasteiger partial charge >= 0.3 is 11.3 Å². The lowest BCUT2D eigenvalue weighted by Gasteiger charge is -1.92. The fourth-order valence-corrected chi connectivity index (χ4v) is 1.80. The minimum Gasteiger partial charge on any atom is -0.386 e. The van der Waals surface area contributed by atoms with Crippen molar-refractivity contribution >= 4 is 21.5 Å². The number of hydrogen-bond donors (Lipinski definition) is 0. The maximum absolute atomic E-state index is 11.6. The Labute approximate surface area is 95.9 Å². The van der Waals surface area contributed by atoms with Crippen LogP contribution in [-0.2, 0) is 0 Å². The van der Waals surface area contributed by atoms with E-state index in [9.17, 15) is 9.59 Å². The molecule has 0 saturated carbocycles. The molecule has 6 aromatic rings. The minimum absolute atomic E-state index is 0.379. The van der Waals surface area contributed by atoms with Gasteiger partial charge in [0.15, 0.2) is 0 Å². The van der Waals surface area contributed by atoms with Crippen molar-refractivity contribution in [2.75, 3.05) is 0 Å². The van der Waals surface area contributed by atoms with Crippen molar-refractivity contribution in [1.29, 1.82) is 0 Å². The molecule has 0 aliphatic heterocycles. The van der Waals surface area contributed by atoms with Crippen LogP contribution in [0, 0.1) is 0 Å². The predicted molar refractivity (Wildman–Crippen MR) is 66.3 cm³/mol. The van der Waals surface area contributed by atoms with Gasteiger partial charge in [0, 0.05) is 0 Å². The fourth-order valence-electron chi connectivity index (χ4n) is 1.80. The highest BCUT2D eigenvalue weighted by atomic mass is 16.4. The molecule has 82 valence electrons. The summed E-state index contributed by atoms with van der Waals surface area (Å²) in [6.45, 7) is 0. The van der Waals surface area contributed by atoms with Gasteiger partial charge in [-0.05, 0) is 35.0 Å². The molecular weight excluding hydrogens is 216 g/mol. The summed E-state index contributed by atoms with van der Waals surface area (Å²) in [5.41, 5.74) is -1.24. The van der Waals surface area contributed by atoms with Crippen molar-refractivity contribution in [3.63, 3.8) is 0 Å². The first-order valence-corrected chi connectivity index (χ1v) is 5.21. The molecule has 4 bridgehead atoms. The molecule has 0 spiro atoms. The van der Waals surface area contributed by atoms with Crippen LogP contribution < -0.4 is 11.3 Å². The molecule has 4 heterocycles. The third kappa shape index (κ3) is 1.61. The van der Waals surface area contributed by atoms with Crippen molar-refractivity contribution in [2.45, 2.75) is 0 Å². The van der Waals surface area contributed by atoms with E-state index in [4.69, 9.17) is 4.42 Å². The maximum atomic E-state index is 11.6. The van der Waals surface area contributed by atoms with Gasteiger partial charge in [0.05, 0.1) is 10.8 Å². The van der Waals surface area contributed by atoms with Gasteiger partial charge in [0.1, 0.15) is 0 Å². The van der Waals surface area contributed by atoms with Crippen LogP contribution in [0.3, 0.4) is 0 Å². The Morgan fingerprint density at radius 1 is 0.529 bits per heavy atom. The Bertz CT molecular complexity index is 721. The second kappa shape index (κ2) is 3.56. The SMILES string of the molecule is O=c1oc(=O)c2ccc(cc2)c2ccc1cc2. The lowest BCUT2D eigenvalue weighted by Crippen LogP contribution is -2.05. The summed E-state index contributed by atoms with van der Waals surface area (Å²) < 4.78 is 4.76. The topological polar surface area (TPSA) is 47.3 Å². The highest BCUT2D eigenvalue weighted by Crippen LogP contribution is 2.13. The zero-order chi connectivity index (χ0) is 11.8. The van der Waals surface area contributed by atoms with Crippen molar-refractivity contribution in [3.8, 4) is 0 Å². The van der Waals surface area contributed by atoms with Gasteiger partial charge in [-0.2, -0.15) is 0 Å². The minimum atomic E-state index is -0.619. The van der Waals surface area contributed by atoms with E-state index < -0.39 is 11.3 Å². The van der Waals surface area contributed by atoms with E-state index in [1.54, 1.807) is 24.3 Å². The maximum Gasteiger partial charge on any atom is 0.346 e. The molecule has 2 aromatic carbocycles. The molecule has 0 unspecified atom stereocenters. The lowest BCUT2D eigenvalue weighted by atomic mass is 10.1. The molecule has 0 N–H and O–H groups in total. The van der Waals surface area contributed by atoms with Gasteiger partial charge in [-0.3, -0.25) is 0 Å². The fraction of sp³-hybridized carbons (Fsp3) is 0. The molecular formula is C14H8O3. The molecule has 0 radical (unpaired) electrons. The van der Waals surface area contributed by atoms with Crippen molar-refractivity contribution < 1.29 is 4.42 Å². The monoisotopic (exact) mass is 224 g/mol. The van der Waals surface area contributed by atoms with Crippen molar-refractivity contribution in [1.82, 2.24) is 0 Å². The third-order valence-electron chi connectivity index (χ3n) is 2.76. The van der Waals surface area contributed by atoms with Crippen molar-refractivity contribution in [2.24, 2.45) is 0 Å². The summed E-state index contributed by atoms with van der Waals surface area (Å²) in [6.07, 6.45) is 0. The Kier molecular flexibility index (Phi) is 2.05. The van der Waals surface area contributed by atoms with E-state index in [-0.39, 0.29) is 0 Å². The summed E-state index contributed by atoms with van der Waals surface area (Å²) >= 11 is 0. The molecule has 0 fully saturated rings. The highest BCUT2D eigenvalue weighted by molar-refractivity contribution is 5.84. The van der Waals surface area contributed by atoms with Crippen LogP contribution in [0.1, 0.15) is 0 Å². The predicted octanol–water partition coefficient (Wildman–Crippen LogP) is 2.31. The Balaban J connectivity index is 2.71. The first-order valence-electron chi connectivity index (χ1n) is 5.21. The van der Waals surface area contributed by atoms with Gasteiger partial charge in [0.25, 0.3) is 0 Å². The summed E-state index contributed by atoms with van der Waals surface area (Å²) in [6, 6.07) is 14.0. The molecule has 4 aromatic heterocycles. The standard InChI is InChI=1S/C14H8O3/c15-13-11-5-1-9(2-6-11)10-3-7-12(8-4-10)14(16)17-13/h1-8H. The van der Waals surface area contributed by atoms with Gasteiger partial charge in [-0.25, -0.2) is 9.59 Å². The van der Waals surface area contributed by atoms with Gasteiger partial charge in [-0.15, -0.1) is 0 Å². The van der Waals surface area contributed by atoms with Crippen LogP contribution >= 0.6 is 0 Å². The molecule has 3 heteroatoms. The van der Waals surface area contributed by atoms with Gasteiger partial charge < -0.3 is 4.42 Å². The zero-order valence-corrected chi connectivity index (χ0v) is 8.84. The molecule has 0 aliphatic carbocycles. The summed E-state index contributed by atoms with van der Waals surface area (Å²) in [5.74, 6) is 0. The van der Waals surface area contributed by atoms with Crippen molar-refractivity contribution in [3.05, 3.63) is 69.4 Å². The zero-order valence-electron chi connectivity index (χ0n) is 8.84. The van der Waals surface area contributed by atoms with Crippen LogP contribution in [0.2, 0.25) is 0 Å². The van der Waals surface area contributed by atoms with E-state index in [2.05, 4.69) is 0 Å². The highest BCUT2D eigenvalue weighted by Gasteiger charge is 1.97. The van der Waals surface area contributed by atoms with Crippen LogP contribution in [-0.4, -0.2) is 0 Å². The van der Waals surface area contributed by atoms with E-state index in [0.717, 1.165) is 10.8 Å². The average Bonchev–Trinajstić information content (AvgIpc) is 2.43. The van der Waals surface area contributed by atoms with Gasteiger partial charge in [-0.1, -0.05) is 24.3 Å². The Morgan fingerprint density at radius 2 is 0.824 bits per heavy atom. The van der Waals surface area contributed by atoms with E-state index in [1.165, 1.54) is 0 Å². The largest absolute Gasteiger partial charge is 0.386 e. The van der Waals surface area contributed by atoms with Gasteiger partial charge in [0.2, 0.25) is 0 Å². The lowest BCUT2D eigenvalue weighted by molar-refractivity contribution is 0.490. The Morgan fingerprint density at radius 3 is 1.18 bits per heavy atom. The van der Waals surface area contributed by atoms with Crippen LogP contribution in [0.15, 0.2) is 62.5 Å². The molecule has 3 nitrogen and oxygen atoms in total. The summed E-state index contributed by atoms with van der Waals surface area (Å²) in [7, 11) is 0. The second-order valence-corrected chi connectivity index (χ2v) is 3.83. The molecule has 17 heavy (non-hydrogen) atoms. The number of hydrogen-bond acceptors (Lipinski definition) is 3. The Hall–Kier alpha value is -2.42. The first-order chi connectivity index (χ1) is 8.24. The van der Waals surface area contributed by atoms with Crippen LogP contribution in [0.25, 0.3) is 21.5 Å². The van der Waals surface area contributed by atoms with E-state index in [1.807, 2.05) is 24.3 Å². The third-order valence-corrected chi connectivity index (χ3v) is 2.76. The summed E-state index contributed by atoms with van der Waals surface area (Å²) in [5, 5.41) is 2.76. The molecule has 0 atom stereocenters. The quantitative estimate of drug-likeness (QED) is 0.588. The first kappa shape index (κ1) is 9.78.